The maximum absolute atomic E-state index is 12.2. The highest BCUT2D eigenvalue weighted by Gasteiger charge is 2.23. The molecule has 20 heavy (non-hydrogen) atoms. The molecule has 0 saturated carbocycles. The van der Waals surface area contributed by atoms with E-state index in [1.807, 2.05) is 51.1 Å². The van der Waals surface area contributed by atoms with Gasteiger partial charge >= 0.3 is 0 Å². The lowest BCUT2D eigenvalue weighted by atomic mass is 9.94. The number of rotatable bonds is 4. The second-order valence-electron chi connectivity index (χ2n) is 5.04. The average Bonchev–Trinajstić information content (AvgIpc) is 2.78. The third kappa shape index (κ3) is 2.88. The van der Waals surface area contributed by atoms with Crippen LogP contribution in [-0.2, 0) is 4.79 Å². The lowest BCUT2D eigenvalue weighted by Gasteiger charge is -2.19. The first-order valence-corrected chi connectivity index (χ1v) is 6.63. The number of hydrogen-bond acceptors (Lipinski definition) is 3. The number of nitrogens with zero attached hydrogens (tertiary/aromatic N) is 1. The van der Waals surface area contributed by atoms with E-state index >= 15 is 0 Å². The second kappa shape index (κ2) is 5.88. The van der Waals surface area contributed by atoms with Crippen molar-refractivity contribution >= 4 is 11.7 Å². The number of anilines is 1. The van der Waals surface area contributed by atoms with Gasteiger partial charge < -0.3 is 11.1 Å². The molecule has 1 aromatic heterocycles. The van der Waals surface area contributed by atoms with Crippen LogP contribution in [0.4, 0.5) is 5.82 Å². The number of carbonyl (C=O) groups is 1. The van der Waals surface area contributed by atoms with Gasteiger partial charge in [-0.3, -0.25) is 9.89 Å². The van der Waals surface area contributed by atoms with Crippen molar-refractivity contribution in [1.29, 1.82) is 0 Å². The molecule has 2 aromatic rings. The molecule has 0 fully saturated rings. The predicted octanol–water partition coefficient (Wildman–Crippen LogP) is 2.30. The first-order valence-electron chi connectivity index (χ1n) is 6.63. The molecular formula is C15H20N4O. The Morgan fingerprint density at radius 3 is 2.50 bits per heavy atom. The van der Waals surface area contributed by atoms with Crippen LogP contribution in [0.5, 0.6) is 0 Å². The molecule has 1 amide bonds. The van der Waals surface area contributed by atoms with Crippen LogP contribution in [-0.4, -0.2) is 16.1 Å². The zero-order chi connectivity index (χ0) is 14.7. The first kappa shape index (κ1) is 14.3. The van der Waals surface area contributed by atoms with E-state index in [9.17, 15) is 4.79 Å². The van der Waals surface area contributed by atoms with Crippen LogP contribution >= 0.6 is 0 Å². The topological polar surface area (TPSA) is 83.8 Å². The molecule has 0 aliphatic rings. The van der Waals surface area contributed by atoms with E-state index in [-0.39, 0.29) is 17.9 Å². The summed E-state index contributed by atoms with van der Waals surface area (Å²) in [5, 5.41) is 9.74. The van der Waals surface area contributed by atoms with Gasteiger partial charge in [-0.2, -0.15) is 5.10 Å². The molecule has 2 rings (SSSR count). The van der Waals surface area contributed by atoms with Crippen molar-refractivity contribution < 1.29 is 4.79 Å². The van der Waals surface area contributed by atoms with E-state index < -0.39 is 0 Å². The van der Waals surface area contributed by atoms with Crippen LogP contribution in [0, 0.1) is 19.8 Å². The number of carbonyl (C=O) groups excluding carboxylic acids is 1. The fourth-order valence-electron chi connectivity index (χ4n) is 1.96. The van der Waals surface area contributed by atoms with Crippen molar-refractivity contribution in [3.8, 4) is 0 Å². The van der Waals surface area contributed by atoms with Crippen molar-refractivity contribution in [3.63, 3.8) is 0 Å². The van der Waals surface area contributed by atoms with Gasteiger partial charge in [0.15, 0.2) is 5.82 Å². The molecular weight excluding hydrogens is 252 g/mol. The summed E-state index contributed by atoms with van der Waals surface area (Å²) in [6.45, 7) is 5.65. The number of benzene rings is 1. The third-order valence-electron chi connectivity index (χ3n) is 3.63. The number of aryl methyl sites for hydroxylation is 1. The molecule has 0 saturated heterocycles. The summed E-state index contributed by atoms with van der Waals surface area (Å²) in [6, 6.07) is 9.28. The molecule has 106 valence electrons. The molecule has 1 heterocycles. The zero-order valence-corrected chi connectivity index (χ0v) is 12.0. The van der Waals surface area contributed by atoms with Gasteiger partial charge in [-0.15, -0.1) is 0 Å². The normalized spacial score (nSPS) is 13.8. The van der Waals surface area contributed by atoms with Gasteiger partial charge in [-0.25, -0.2) is 0 Å². The molecule has 0 aliphatic heterocycles. The summed E-state index contributed by atoms with van der Waals surface area (Å²) < 4.78 is 0. The van der Waals surface area contributed by atoms with Crippen molar-refractivity contribution in [1.82, 2.24) is 10.2 Å². The highest BCUT2D eigenvalue weighted by Crippen LogP contribution is 2.21. The van der Waals surface area contributed by atoms with Crippen molar-refractivity contribution in [2.75, 3.05) is 5.32 Å². The van der Waals surface area contributed by atoms with Crippen LogP contribution < -0.4 is 11.1 Å². The Hall–Kier alpha value is -2.14. The van der Waals surface area contributed by atoms with Gasteiger partial charge in [0.1, 0.15) is 0 Å². The van der Waals surface area contributed by atoms with Crippen molar-refractivity contribution in [2.24, 2.45) is 11.7 Å². The summed E-state index contributed by atoms with van der Waals surface area (Å²) in [6.07, 6.45) is 0. The molecule has 5 nitrogen and oxygen atoms in total. The van der Waals surface area contributed by atoms with Crippen molar-refractivity contribution in [2.45, 2.75) is 26.8 Å². The number of amides is 1. The Bertz CT molecular complexity index is 591. The lowest BCUT2D eigenvalue weighted by molar-refractivity contribution is -0.120. The fraction of sp³-hybridized carbons (Fsp3) is 0.333. The van der Waals surface area contributed by atoms with E-state index in [1.54, 1.807) is 0 Å². The second-order valence-corrected chi connectivity index (χ2v) is 5.04. The van der Waals surface area contributed by atoms with Crippen LogP contribution in [0.1, 0.15) is 29.8 Å². The maximum atomic E-state index is 12.2. The van der Waals surface area contributed by atoms with Crippen LogP contribution in [0.25, 0.3) is 0 Å². The Kier molecular flexibility index (Phi) is 4.20. The first-order chi connectivity index (χ1) is 9.50. The van der Waals surface area contributed by atoms with Gasteiger partial charge in [0, 0.05) is 17.3 Å². The number of nitrogens with two attached hydrogens (primary N) is 1. The zero-order valence-electron chi connectivity index (χ0n) is 12.0. The van der Waals surface area contributed by atoms with Gasteiger partial charge in [-0.1, -0.05) is 37.3 Å². The summed E-state index contributed by atoms with van der Waals surface area (Å²) in [5.74, 6) is 0.101. The molecule has 1 aromatic carbocycles. The Labute approximate surface area is 118 Å². The molecule has 0 bridgehead atoms. The van der Waals surface area contributed by atoms with E-state index in [4.69, 9.17) is 5.73 Å². The van der Waals surface area contributed by atoms with Gasteiger partial charge in [0.25, 0.3) is 0 Å². The third-order valence-corrected chi connectivity index (χ3v) is 3.63. The van der Waals surface area contributed by atoms with Crippen LogP contribution in [0.3, 0.4) is 0 Å². The number of hydrogen-bond donors (Lipinski definition) is 3. The number of H-pyrrole nitrogens is 1. The largest absolute Gasteiger partial charge is 0.323 e. The van der Waals surface area contributed by atoms with Gasteiger partial charge in [0.05, 0.1) is 5.92 Å². The quantitative estimate of drug-likeness (QED) is 0.798. The molecule has 2 unspecified atom stereocenters. The smallest absolute Gasteiger partial charge is 0.230 e. The number of aromatic amines is 1. The standard InChI is InChI=1S/C15H20N4O/c1-9-11(3)18-19-14(9)17-15(20)10(2)13(16)12-7-5-4-6-8-12/h4-8,10,13H,16H2,1-3H3,(H2,17,18,19,20). The summed E-state index contributed by atoms with van der Waals surface area (Å²) in [4.78, 5) is 12.2. The van der Waals surface area contributed by atoms with Gasteiger partial charge in [0.2, 0.25) is 5.91 Å². The van der Waals surface area contributed by atoms with Crippen LogP contribution in [0.2, 0.25) is 0 Å². The summed E-state index contributed by atoms with van der Waals surface area (Å²) >= 11 is 0. The predicted molar refractivity (Wildman–Crippen MR) is 79.2 cm³/mol. The fourth-order valence-corrected chi connectivity index (χ4v) is 1.96. The summed E-state index contributed by atoms with van der Waals surface area (Å²) in [7, 11) is 0. The number of nitrogens with one attached hydrogen (secondary N) is 2. The minimum atomic E-state index is -0.339. The highest BCUT2D eigenvalue weighted by atomic mass is 16.2. The van der Waals surface area contributed by atoms with Crippen LogP contribution in [0.15, 0.2) is 30.3 Å². The van der Waals surface area contributed by atoms with Gasteiger partial charge in [-0.05, 0) is 19.4 Å². The molecule has 5 heteroatoms. The van der Waals surface area contributed by atoms with E-state index in [1.165, 1.54) is 0 Å². The van der Waals surface area contributed by atoms with E-state index in [2.05, 4.69) is 15.5 Å². The lowest BCUT2D eigenvalue weighted by Crippen LogP contribution is -2.30. The molecule has 4 N–H and O–H groups in total. The molecule has 0 spiro atoms. The Morgan fingerprint density at radius 2 is 1.95 bits per heavy atom. The SMILES string of the molecule is Cc1[nH]nc(NC(=O)C(C)C(N)c2ccccc2)c1C. The highest BCUT2D eigenvalue weighted by molar-refractivity contribution is 5.92. The minimum absolute atomic E-state index is 0.129. The van der Waals surface area contributed by atoms with E-state index in [0.29, 0.717) is 5.82 Å². The average molecular weight is 272 g/mol. The minimum Gasteiger partial charge on any atom is -0.323 e. The Morgan fingerprint density at radius 1 is 1.30 bits per heavy atom. The van der Waals surface area contributed by atoms with Crippen molar-refractivity contribution in [3.05, 3.63) is 47.2 Å². The number of aromatic nitrogens is 2. The molecule has 0 aliphatic carbocycles. The maximum Gasteiger partial charge on any atom is 0.230 e. The molecule has 0 radical (unpaired) electrons. The molecule has 2 atom stereocenters. The Balaban J connectivity index is 2.07. The monoisotopic (exact) mass is 272 g/mol. The van der Waals surface area contributed by atoms with E-state index in [0.717, 1.165) is 16.8 Å². The summed E-state index contributed by atoms with van der Waals surface area (Å²) in [5.41, 5.74) is 8.98.